The van der Waals surface area contributed by atoms with Crippen LogP contribution in [-0.2, 0) is 17.8 Å². The molecule has 0 unspecified atom stereocenters. The Morgan fingerprint density at radius 2 is 1.61 bits per heavy atom. The molecule has 3 amide bonds. The predicted molar refractivity (Wildman–Crippen MR) is 111 cm³/mol. The molecule has 1 heterocycles. The van der Waals surface area contributed by atoms with Gasteiger partial charge in [0.15, 0.2) is 0 Å². The number of carbonyl (C=O) groups is 2. The molecule has 0 aliphatic carbocycles. The molecule has 148 valence electrons. The van der Waals surface area contributed by atoms with Gasteiger partial charge in [-0.2, -0.15) is 0 Å². The SMILES string of the molecule is C[C@@]1(C(=O)NCc2ccccc2)CCCN(C(=O)NCCc2ccccc2)C1. The summed E-state index contributed by atoms with van der Waals surface area (Å²) >= 11 is 0. The Bertz CT molecular complexity index is 779. The molecule has 0 radical (unpaired) electrons. The van der Waals surface area contributed by atoms with Crippen molar-refractivity contribution in [3.63, 3.8) is 0 Å². The molecule has 0 aromatic heterocycles. The lowest BCUT2D eigenvalue weighted by Gasteiger charge is -2.39. The van der Waals surface area contributed by atoms with Gasteiger partial charge >= 0.3 is 6.03 Å². The molecule has 1 aliphatic heterocycles. The van der Waals surface area contributed by atoms with Crippen molar-refractivity contribution in [3.05, 3.63) is 71.8 Å². The summed E-state index contributed by atoms with van der Waals surface area (Å²) in [5.74, 6) is 0.0122. The van der Waals surface area contributed by atoms with Crippen LogP contribution in [0.5, 0.6) is 0 Å². The second kappa shape index (κ2) is 9.40. The summed E-state index contributed by atoms with van der Waals surface area (Å²) in [4.78, 5) is 27.1. The van der Waals surface area contributed by atoms with E-state index in [1.165, 1.54) is 5.56 Å². The maximum absolute atomic E-state index is 12.8. The number of hydrogen-bond acceptors (Lipinski definition) is 2. The Kier molecular flexibility index (Phi) is 6.69. The number of urea groups is 1. The predicted octanol–water partition coefficient (Wildman–Crippen LogP) is 3.36. The first kappa shape index (κ1) is 19.9. The van der Waals surface area contributed by atoms with Crippen molar-refractivity contribution >= 4 is 11.9 Å². The van der Waals surface area contributed by atoms with Crippen LogP contribution in [-0.4, -0.2) is 36.5 Å². The normalized spacial score (nSPS) is 19.1. The van der Waals surface area contributed by atoms with Gasteiger partial charge in [0, 0.05) is 26.2 Å². The maximum Gasteiger partial charge on any atom is 0.317 e. The van der Waals surface area contributed by atoms with E-state index < -0.39 is 5.41 Å². The molecule has 1 aliphatic rings. The van der Waals surface area contributed by atoms with Gasteiger partial charge in [-0.1, -0.05) is 60.7 Å². The molecule has 0 bridgehead atoms. The van der Waals surface area contributed by atoms with E-state index in [2.05, 4.69) is 22.8 Å². The standard InChI is InChI=1S/C23H29N3O2/c1-23(21(27)25-17-20-11-6-3-7-12-20)14-8-16-26(18-23)22(28)24-15-13-19-9-4-2-5-10-19/h2-7,9-12H,8,13-18H2,1H3,(H,24,28)(H,25,27)/t23-/m1/s1. The zero-order chi connectivity index (χ0) is 19.8. The highest BCUT2D eigenvalue weighted by molar-refractivity contribution is 5.84. The second-order valence-corrected chi connectivity index (χ2v) is 7.72. The summed E-state index contributed by atoms with van der Waals surface area (Å²) in [6.07, 6.45) is 2.43. The molecule has 1 atom stereocenters. The van der Waals surface area contributed by atoms with Crippen molar-refractivity contribution in [1.29, 1.82) is 0 Å². The third-order valence-corrected chi connectivity index (χ3v) is 5.36. The maximum atomic E-state index is 12.8. The Morgan fingerprint density at radius 3 is 2.29 bits per heavy atom. The number of hydrogen-bond donors (Lipinski definition) is 2. The number of rotatable bonds is 6. The number of likely N-dealkylation sites (tertiary alicyclic amines) is 1. The average Bonchev–Trinajstić information content (AvgIpc) is 2.73. The quantitative estimate of drug-likeness (QED) is 0.808. The monoisotopic (exact) mass is 379 g/mol. The van der Waals surface area contributed by atoms with E-state index in [1.807, 2.05) is 55.5 Å². The van der Waals surface area contributed by atoms with Crippen LogP contribution in [0.2, 0.25) is 0 Å². The van der Waals surface area contributed by atoms with E-state index in [9.17, 15) is 9.59 Å². The van der Waals surface area contributed by atoms with E-state index in [-0.39, 0.29) is 11.9 Å². The fraction of sp³-hybridized carbons (Fsp3) is 0.391. The Morgan fingerprint density at radius 1 is 0.964 bits per heavy atom. The van der Waals surface area contributed by atoms with E-state index in [0.29, 0.717) is 26.2 Å². The van der Waals surface area contributed by atoms with Crippen LogP contribution in [0.25, 0.3) is 0 Å². The van der Waals surface area contributed by atoms with Crippen molar-refractivity contribution in [2.45, 2.75) is 32.7 Å². The molecule has 3 rings (SSSR count). The number of nitrogens with zero attached hydrogens (tertiary/aromatic N) is 1. The van der Waals surface area contributed by atoms with Gasteiger partial charge in [-0.3, -0.25) is 4.79 Å². The summed E-state index contributed by atoms with van der Waals surface area (Å²) in [6, 6.07) is 19.9. The second-order valence-electron chi connectivity index (χ2n) is 7.72. The lowest BCUT2D eigenvalue weighted by molar-refractivity contribution is -0.132. The topological polar surface area (TPSA) is 61.4 Å². The highest BCUT2D eigenvalue weighted by Gasteiger charge is 2.39. The third-order valence-electron chi connectivity index (χ3n) is 5.36. The highest BCUT2D eigenvalue weighted by atomic mass is 16.2. The summed E-state index contributed by atoms with van der Waals surface area (Å²) < 4.78 is 0. The van der Waals surface area contributed by atoms with Gasteiger partial charge in [0.05, 0.1) is 5.41 Å². The van der Waals surface area contributed by atoms with Crippen molar-refractivity contribution in [2.24, 2.45) is 5.41 Å². The zero-order valence-electron chi connectivity index (χ0n) is 16.5. The van der Waals surface area contributed by atoms with Crippen molar-refractivity contribution in [1.82, 2.24) is 15.5 Å². The molecule has 28 heavy (non-hydrogen) atoms. The van der Waals surface area contributed by atoms with E-state index >= 15 is 0 Å². The van der Waals surface area contributed by atoms with Crippen LogP contribution < -0.4 is 10.6 Å². The first-order valence-electron chi connectivity index (χ1n) is 9.96. The Balaban J connectivity index is 1.48. The van der Waals surface area contributed by atoms with Crippen LogP contribution in [0.4, 0.5) is 4.79 Å². The summed E-state index contributed by atoms with van der Waals surface area (Å²) in [6.45, 7) is 4.20. The molecule has 0 spiro atoms. The first-order valence-corrected chi connectivity index (χ1v) is 9.96. The lowest BCUT2D eigenvalue weighted by atomic mass is 9.81. The summed E-state index contributed by atoms with van der Waals surface area (Å²) in [5.41, 5.74) is 1.72. The molecule has 5 heteroatoms. The average molecular weight is 380 g/mol. The van der Waals surface area contributed by atoms with Crippen molar-refractivity contribution < 1.29 is 9.59 Å². The molecule has 5 nitrogen and oxygen atoms in total. The number of benzene rings is 2. The molecule has 0 saturated carbocycles. The van der Waals surface area contributed by atoms with Crippen LogP contribution in [0, 0.1) is 5.41 Å². The molecular weight excluding hydrogens is 350 g/mol. The minimum Gasteiger partial charge on any atom is -0.351 e. The van der Waals surface area contributed by atoms with Gasteiger partial charge < -0.3 is 15.5 Å². The van der Waals surface area contributed by atoms with E-state index in [1.54, 1.807) is 4.90 Å². The molecule has 1 saturated heterocycles. The number of amides is 3. The summed E-state index contributed by atoms with van der Waals surface area (Å²) in [5, 5.41) is 6.03. The molecule has 2 N–H and O–H groups in total. The zero-order valence-corrected chi connectivity index (χ0v) is 16.5. The lowest BCUT2D eigenvalue weighted by Crippen LogP contribution is -2.54. The van der Waals surface area contributed by atoms with Crippen molar-refractivity contribution in [2.75, 3.05) is 19.6 Å². The van der Waals surface area contributed by atoms with Gasteiger partial charge in [-0.15, -0.1) is 0 Å². The molecule has 1 fully saturated rings. The van der Waals surface area contributed by atoms with Crippen LogP contribution >= 0.6 is 0 Å². The molecule has 2 aromatic rings. The highest BCUT2D eigenvalue weighted by Crippen LogP contribution is 2.29. The number of nitrogens with one attached hydrogen (secondary N) is 2. The third kappa shape index (κ3) is 5.35. The van der Waals surface area contributed by atoms with Gasteiger partial charge in [-0.05, 0) is 37.3 Å². The summed E-state index contributed by atoms with van der Waals surface area (Å²) in [7, 11) is 0. The van der Waals surface area contributed by atoms with E-state index in [4.69, 9.17) is 0 Å². The van der Waals surface area contributed by atoms with Crippen molar-refractivity contribution in [3.8, 4) is 0 Å². The minimum atomic E-state index is -0.552. The van der Waals surface area contributed by atoms with Gasteiger partial charge in [-0.25, -0.2) is 4.79 Å². The van der Waals surface area contributed by atoms with Crippen LogP contribution in [0.15, 0.2) is 60.7 Å². The van der Waals surface area contributed by atoms with E-state index in [0.717, 1.165) is 24.8 Å². The molecular formula is C23H29N3O2. The fourth-order valence-corrected chi connectivity index (χ4v) is 3.66. The Hall–Kier alpha value is -2.82. The van der Waals surface area contributed by atoms with Gasteiger partial charge in [0.25, 0.3) is 0 Å². The first-order chi connectivity index (χ1) is 13.6. The fourth-order valence-electron chi connectivity index (χ4n) is 3.66. The van der Waals surface area contributed by atoms with Gasteiger partial charge in [0.2, 0.25) is 5.91 Å². The largest absolute Gasteiger partial charge is 0.351 e. The van der Waals surface area contributed by atoms with Gasteiger partial charge in [0.1, 0.15) is 0 Å². The Labute approximate surface area is 167 Å². The minimum absolute atomic E-state index is 0.0122. The number of piperidine rings is 1. The molecule has 2 aromatic carbocycles. The number of carbonyl (C=O) groups excluding carboxylic acids is 2. The van der Waals surface area contributed by atoms with Crippen LogP contribution in [0.1, 0.15) is 30.9 Å². The van der Waals surface area contributed by atoms with Crippen LogP contribution in [0.3, 0.4) is 0 Å². The smallest absolute Gasteiger partial charge is 0.317 e.